The second-order valence-corrected chi connectivity index (χ2v) is 2.46. The second-order valence-electron chi connectivity index (χ2n) is 2.46. The van der Waals surface area contributed by atoms with Crippen molar-refractivity contribution in [3.8, 4) is 0 Å². The first-order valence-corrected chi connectivity index (χ1v) is 3.69. The Bertz CT molecular complexity index is 449. The van der Waals surface area contributed by atoms with Crippen molar-refractivity contribution in [1.29, 1.82) is 0 Å². The molecule has 0 saturated carbocycles. The molecule has 0 aliphatic rings. The van der Waals surface area contributed by atoms with E-state index in [1.54, 1.807) is 12.3 Å². The standard InChI is InChI=1S/C8H7N3O2/c1-13-8(12)6-4-10-7-5(11-6)2-3-9-7/h2-4H,1H3,(H,9,10). The third-order valence-corrected chi connectivity index (χ3v) is 1.66. The lowest BCUT2D eigenvalue weighted by atomic mass is 10.4. The van der Waals surface area contributed by atoms with Gasteiger partial charge in [0.15, 0.2) is 11.3 Å². The normalized spacial score (nSPS) is 10.2. The summed E-state index contributed by atoms with van der Waals surface area (Å²) in [6, 6.07) is 1.74. The highest BCUT2D eigenvalue weighted by molar-refractivity contribution is 5.88. The van der Waals surface area contributed by atoms with Crippen LogP contribution in [0.3, 0.4) is 0 Å². The molecule has 2 rings (SSSR count). The van der Waals surface area contributed by atoms with Crippen molar-refractivity contribution < 1.29 is 9.53 Å². The molecule has 1 N–H and O–H groups in total. The number of nitrogens with zero attached hydrogens (tertiary/aromatic N) is 2. The summed E-state index contributed by atoms with van der Waals surface area (Å²) in [7, 11) is 1.31. The average molecular weight is 177 g/mol. The molecule has 5 heteroatoms. The van der Waals surface area contributed by atoms with Crippen molar-refractivity contribution in [2.75, 3.05) is 7.11 Å². The van der Waals surface area contributed by atoms with E-state index in [0.29, 0.717) is 11.2 Å². The van der Waals surface area contributed by atoms with Gasteiger partial charge in [-0.25, -0.2) is 14.8 Å². The number of aromatic amines is 1. The number of rotatable bonds is 1. The number of methoxy groups -OCH3 is 1. The SMILES string of the molecule is COC(=O)c1cnc2[nH]ccc2n1. The van der Waals surface area contributed by atoms with Crippen LogP contribution in [0.15, 0.2) is 18.5 Å². The third-order valence-electron chi connectivity index (χ3n) is 1.66. The van der Waals surface area contributed by atoms with E-state index < -0.39 is 5.97 Å². The van der Waals surface area contributed by atoms with Gasteiger partial charge < -0.3 is 9.72 Å². The number of H-pyrrole nitrogens is 1. The zero-order chi connectivity index (χ0) is 9.26. The fraction of sp³-hybridized carbons (Fsp3) is 0.125. The minimum atomic E-state index is -0.476. The van der Waals surface area contributed by atoms with E-state index in [1.165, 1.54) is 13.3 Å². The van der Waals surface area contributed by atoms with Crippen molar-refractivity contribution >= 4 is 17.1 Å². The van der Waals surface area contributed by atoms with Crippen LogP contribution in [-0.2, 0) is 4.74 Å². The predicted molar refractivity (Wildman–Crippen MR) is 45.2 cm³/mol. The fourth-order valence-electron chi connectivity index (χ4n) is 1.03. The molecule has 2 heterocycles. The molecule has 0 aromatic carbocycles. The van der Waals surface area contributed by atoms with Gasteiger partial charge in [-0.05, 0) is 6.07 Å². The van der Waals surface area contributed by atoms with Crippen LogP contribution in [0.5, 0.6) is 0 Å². The van der Waals surface area contributed by atoms with Gasteiger partial charge in [0.25, 0.3) is 0 Å². The number of aromatic nitrogens is 3. The van der Waals surface area contributed by atoms with Crippen molar-refractivity contribution in [2.24, 2.45) is 0 Å². The number of fused-ring (bicyclic) bond motifs is 1. The van der Waals surface area contributed by atoms with Crippen molar-refractivity contribution in [2.45, 2.75) is 0 Å². The van der Waals surface area contributed by atoms with Crippen LogP contribution in [0, 0.1) is 0 Å². The molecular formula is C8H7N3O2. The highest BCUT2D eigenvalue weighted by Crippen LogP contribution is 2.06. The molecule has 0 unspecified atom stereocenters. The van der Waals surface area contributed by atoms with Crippen LogP contribution in [0.4, 0.5) is 0 Å². The monoisotopic (exact) mass is 177 g/mol. The van der Waals surface area contributed by atoms with E-state index in [1.807, 2.05) is 0 Å². The number of carbonyl (C=O) groups is 1. The highest BCUT2D eigenvalue weighted by atomic mass is 16.5. The minimum Gasteiger partial charge on any atom is -0.464 e. The lowest BCUT2D eigenvalue weighted by Crippen LogP contribution is -2.04. The predicted octanol–water partition coefficient (Wildman–Crippen LogP) is 0.744. The molecule has 0 saturated heterocycles. The number of hydrogen-bond acceptors (Lipinski definition) is 4. The lowest BCUT2D eigenvalue weighted by molar-refractivity contribution is 0.0594. The smallest absolute Gasteiger partial charge is 0.358 e. The zero-order valence-electron chi connectivity index (χ0n) is 6.94. The molecule has 0 amide bonds. The van der Waals surface area contributed by atoms with Gasteiger partial charge in [0.2, 0.25) is 0 Å². The van der Waals surface area contributed by atoms with Gasteiger partial charge in [0, 0.05) is 6.20 Å². The Hall–Kier alpha value is -1.91. The number of carbonyl (C=O) groups excluding carboxylic acids is 1. The van der Waals surface area contributed by atoms with Crippen LogP contribution in [0.1, 0.15) is 10.5 Å². The Morgan fingerprint density at radius 3 is 3.23 bits per heavy atom. The molecule has 66 valence electrons. The molecule has 5 nitrogen and oxygen atoms in total. The highest BCUT2D eigenvalue weighted by Gasteiger charge is 2.08. The van der Waals surface area contributed by atoms with Gasteiger partial charge in [-0.15, -0.1) is 0 Å². The average Bonchev–Trinajstić information content (AvgIpc) is 2.63. The number of nitrogens with one attached hydrogen (secondary N) is 1. The summed E-state index contributed by atoms with van der Waals surface area (Å²) < 4.78 is 4.51. The van der Waals surface area contributed by atoms with E-state index >= 15 is 0 Å². The van der Waals surface area contributed by atoms with Gasteiger partial charge in [-0.2, -0.15) is 0 Å². The van der Waals surface area contributed by atoms with E-state index in [4.69, 9.17) is 0 Å². The molecule has 0 bridgehead atoms. The molecular weight excluding hydrogens is 170 g/mol. The van der Waals surface area contributed by atoms with Crippen molar-refractivity contribution in [3.05, 3.63) is 24.2 Å². The maximum Gasteiger partial charge on any atom is 0.358 e. The maximum atomic E-state index is 11.0. The van der Waals surface area contributed by atoms with Gasteiger partial charge >= 0.3 is 5.97 Å². The molecule has 2 aromatic rings. The summed E-state index contributed by atoms with van der Waals surface area (Å²) in [6.45, 7) is 0. The van der Waals surface area contributed by atoms with E-state index in [-0.39, 0.29) is 5.69 Å². The van der Waals surface area contributed by atoms with Crippen LogP contribution < -0.4 is 0 Å². The summed E-state index contributed by atoms with van der Waals surface area (Å²) in [5.74, 6) is -0.476. The summed E-state index contributed by atoms with van der Waals surface area (Å²) >= 11 is 0. The van der Waals surface area contributed by atoms with Crippen LogP contribution in [0.2, 0.25) is 0 Å². The molecule has 0 aliphatic carbocycles. The van der Waals surface area contributed by atoms with E-state index in [9.17, 15) is 4.79 Å². The van der Waals surface area contributed by atoms with Crippen LogP contribution in [-0.4, -0.2) is 28.0 Å². The van der Waals surface area contributed by atoms with Gasteiger partial charge in [-0.1, -0.05) is 0 Å². The van der Waals surface area contributed by atoms with Crippen LogP contribution >= 0.6 is 0 Å². The largest absolute Gasteiger partial charge is 0.464 e. The first-order chi connectivity index (χ1) is 6.31. The van der Waals surface area contributed by atoms with Gasteiger partial charge in [-0.3, -0.25) is 0 Å². The Morgan fingerprint density at radius 1 is 1.62 bits per heavy atom. The number of hydrogen-bond donors (Lipinski definition) is 1. The third kappa shape index (κ3) is 1.24. The van der Waals surface area contributed by atoms with Crippen LogP contribution in [0.25, 0.3) is 11.2 Å². The molecule has 0 atom stereocenters. The quantitative estimate of drug-likeness (QED) is 0.652. The summed E-state index contributed by atoms with van der Waals surface area (Å²) in [4.78, 5) is 22.0. The Kier molecular flexibility index (Phi) is 1.70. The van der Waals surface area contributed by atoms with E-state index in [0.717, 1.165) is 0 Å². The maximum absolute atomic E-state index is 11.0. The topological polar surface area (TPSA) is 67.9 Å². The molecule has 0 aliphatic heterocycles. The van der Waals surface area contributed by atoms with Crippen molar-refractivity contribution in [1.82, 2.24) is 15.0 Å². The minimum absolute atomic E-state index is 0.217. The van der Waals surface area contributed by atoms with Gasteiger partial charge in [0.05, 0.1) is 13.3 Å². The molecule has 0 spiro atoms. The summed E-state index contributed by atoms with van der Waals surface area (Å²) in [5.41, 5.74) is 1.53. The lowest BCUT2D eigenvalue weighted by Gasteiger charge is -1.96. The Labute approximate surface area is 73.8 Å². The molecule has 0 fully saturated rings. The summed E-state index contributed by atoms with van der Waals surface area (Å²) in [5, 5.41) is 0. The summed E-state index contributed by atoms with van der Waals surface area (Å²) in [6.07, 6.45) is 3.09. The van der Waals surface area contributed by atoms with E-state index in [2.05, 4.69) is 19.7 Å². The first-order valence-electron chi connectivity index (χ1n) is 3.69. The number of ether oxygens (including phenoxy) is 1. The Balaban J connectivity index is 2.54. The fourth-order valence-corrected chi connectivity index (χ4v) is 1.03. The molecule has 13 heavy (non-hydrogen) atoms. The van der Waals surface area contributed by atoms with Crippen molar-refractivity contribution in [3.63, 3.8) is 0 Å². The second kappa shape index (κ2) is 2.85. The van der Waals surface area contributed by atoms with Gasteiger partial charge in [0.1, 0.15) is 5.52 Å². The first kappa shape index (κ1) is 7.72. The molecule has 2 aromatic heterocycles. The zero-order valence-corrected chi connectivity index (χ0v) is 6.94. The number of esters is 1. The molecule has 0 radical (unpaired) electrons. The Morgan fingerprint density at radius 2 is 2.46 bits per heavy atom.